The Kier molecular flexibility index (Phi) is 7.54. The fourth-order valence-electron chi connectivity index (χ4n) is 9.81. The summed E-state index contributed by atoms with van der Waals surface area (Å²) in [4.78, 5) is 15.9. The lowest BCUT2D eigenvalue weighted by molar-refractivity contribution is 0.955. The van der Waals surface area contributed by atoms with Crippen LogP contribution in [0.25, 0.3) is 121 Å². The largest absolute Gasteiger partial charge is 0.309 e. The summed E-state index contributed by atoms with van der Waals surface area (Å²) in [5.74, 6) is 1.80. The minimum Gasteiger partial charge on any atom is -0.309 e. The first-order valence-corrected chi connectivity index (χ1v) is 21.0. The number of hydrogen-bond acceptors (Lipinski definition) is 3. The van der Waals surface area contributed by atoms with Gasteiger partial charge in [-0.25, -0.2) is 4.98 Å². The predicted octanol–water partition coefficient (Wildman–Crippen LogP) is 14.5. The van der Waals surface area contributed by atoms with Crippen molar-refractivity contribution in [2.24, 2.45) is 0 Å². The van der Waals surface area contributed by atoms with Crippen molar-refractivity contribution in [1.29, 1.82) is 0 Å². The molecule has 0 saturated heterocycles. The number of para-hydroxylation sites is 2. The van der Waals surface area contributed by atoms with E-state index >= 15 is 0 Å². The van der Waals surface area contributed by atoms with Gasteiger partial charge in [-0.15, -0.1) is 0 Å². The Hall–Kier alpha value is -8.41. The molecule has 0 aliphatic heterocycles. The van der Waals surface area contributed by atoms with Crippen molar-refractivity contribution in [3.05, 3.63) is 212 Å². The van der Waals surface area contributed by atoms with Crippen molar-refractivity contribution in [2.75, 3.05) is 0 Å². The molecule has 0 spiro atoms. The molecular weight excluding hydrogens is 755 g/mol. The van der Waals surface area contributed by atoms with Crippen LogP contribution in [0.3, 0.4) is 0 Å². The number of benzene rings is 10. The van der Waals surface area contributed by atoms with Gasteiger partial charge in [0.15, 0.2) is 11.6 Å². The summed E-state index contributed by atoms with van der Waals surface area (Å²) in [7, 11) is 0. The minimum absolute atomic E-state index is 0.568. The first-order chi connectivity index (χ1) is 30.8. The van der Waals surface area contributed by atoms with Crippen molar-refractivity contribution in [3.8, 4) is 45.5 Å². The van der Waals surface area contributed by atoms with Crippen LogP contribution >= 0.6 is 0 Å². The quantitative estimate of drug-likeness (QED) is 0.163. The topological polar surface area (TPSA) is 48.5 Å². The summed E-state index contributed by atoms with van der Waals surface area (Å²) in [6.07, 6.45) is 0. The second-order valence-electron chi connectivity index (χ2n) is 16.0. The van der Waals surface area contributed by atoms with Gasteiger partial charge in [0.1, 0.15) is 0 Å². The highest BCUT2D eigenvalue weighted by Gasteiger charge is 2.23. The summed E-state index contributed by atoms with van der Waals surface area (Å²) in [6, 6.07) is 75.6. The molecule has 0 aliphatic rings. The highest BCUT2D eigenvalue weighted by atomic mass is 15.2. The molecule has 10 aromatic carbocycles. The van der Waals surface area contributed by atoms with Crippen LogP contribution in [0.5, 0.6) is 0 Å². The maximum atomic E-state index is 5.38. The van der Waals surface area contributed by atoms with E-state index in [1.54, 1.807) is 0 Å². The van der Waals surface area contributed by atoms with Crippen molar-refractivity contribution in [3.63, 3.8) is 0 Å². The Bertz CT molecular complexity index is 3880. The van der Waals surface area contributed by atoms with Crippen LogP contribution in [-0.4, -0.2) is 24.1 Å². The van der Waals surface area contributed by atoms with Crippen LogP contribution in [0.4, 0.5) is 0 Å². The van der Waals surface area contributed by atoms with Gasteiger partial charge in [0.05, 0.1) is 22.1 Å². The molecular formula is C57H35N5. The molecule has 0 amide bonds. The SMILES string of the molecule is c1ccc(-c2cccc(-c3nc(-c4ccccc4)nc(-n4c5ccccc5c5ccc6c(c7ccccc7n6-c6ccc7c8ccccc8c8ccccc8c7c6)c54)n3)c2)cc1. The standard InChI is InChI=1S/C57H35N5/c1-3-16-36(17-4-1)38-20-15-21-39(34-38)56-58-55(37-18-5-2-6-19-37)59-57(60-56)62-50-28-13-11-26-46(50)47-32-33-52-53(54(47)62)48-27-12-14-29-51(48)61(52)40-30-31-45-43-24-8-7-22-41(43)42-23-9-10-25-44(42)49(45)35-40/h1-35H. The molecule has 0 unspecified atom stereocenters. The van der Waals surface area contributed by atoms with Crippen LogP contribution in [0.2, 0.25) is 0 Å². The lowest BCUT2D eigenvalue weighted by Gasteiger charge is -2.14. The summed E-state index contributed by atoms with van der Waals surface area (Å²) < 4.78 is 4.70. The van der Waals surface area contributed by atoms with E-state index in [4.69, 9.17) is 15.0 Å². The van der Waals surface area contributed by atoms with Gasteiger partial charge >= 0.3 is 0 Å². The van der Waals surface area contributed by atoms with E-state index in [9.17, 15) is 0 Å². The molecule has 3 aromatic heterocycles. The van der Waals surface area contributed by atoms with Crippen molar-refractivity contribution >= 4 is 75.9 Å². The van der Waals surface area contributed by atoms with Crippen LogP contribution in [0.1, 0.15) is 0 Å². The fourth-order valence-corrected chi connectivity index (χ4v) is 9.81. The molecule has 0 aliphatic carbocycles. The molecule has 0 atom stereocenters. The molecule has 5 heteroatoms. The Morgan fingerprint density at radius 1 is 0.274 bits per heavy atom. The molecule has 0 bridgehead atoms. The number of aromatic nitrogens is 5. The van der Waals surface area contributed by atoms with Gasteiger partial charge in [0.2, 0.25) is 5.95 Å². The molecule has 288 valence electrons. The van der Waals surface area contributed by atoms with Gasteiger partial charge in [-0.3, -0.25) is 4.57 Å². The van der Waals surface area contributed by atoms with Crippen LogP contribution in [0, 0.1) is 0 Å². The highest BCUT2D eigenvalue weighted by Crippen LogP contribution is 2.43. The van der Waals surface area contributed by atoms with Crippen molar-refractivity contribution < 1.29 is 0 Å². The van der Waals surface area contributed by atoms with Gasteiger partial charge in [-0.2, -0.15) is 9.97 Å². The molecule has 3 heterocycles. The maximum absolute atomic E-state index is 5.38. The van der Waals surface area contributed by atoms with Crippen LogP contribution in [0.15, 0.2) is 212 Å². The number of nitrogens with zero attached hydrogens (tertiary/aromatic N) is 5. The van der Waals surface area contributed by atoms with Crippen LogP contribution in [-0.2, 0) is 0 Å². The van der Waals surface area contributed by atoms with Gasteiger partial charge in [-0.05, 0) is 79.8 Å². The maximum Gasteiger partial charge on any atom is 0.238 e. The lowest BCUT2D eigenvalue weighted by Crippen LogP contribution is -2.06. The van der Waals surface area contributed by atoms with E-state index in [2.05, 4.69) is 197 Å². The summed E-state index contributed by atoms with van der Waals surface area (Å²) in [5.41, 5.74) is 9.54. The second-order valence-corrected chi connectivity index (χ2v) is 16.0. The zero-order valence-corrected chi connectivity index (χ0v) is 33.4. The number of rotatable bonds is 5. The molecule has 62 heavy (non-hydrogen) atoms. The smallest absolute Gasteiger partial charge is 0.238 e. The molecule has 0 N–H and O–H groups in total. The number of hydrogen-bond donors (Lipinski definition) is 0. The van der Waals surface area contributed by atoms with E-state index in [0.717, 1.165) is 71.6 Å². The van der Waals surface area contributed by atoms with E-state index in [-0.39, 0.29) is 0 Å². The Morgan fingerprint density at radius 2 is 0.774 bits per heavy atom. The Balaban J connectivity index is 1.11. The third-order valence-corrected chi connectivity index (χ3v) is 12.5. The van der Waals surface area contributed by atoms with Crippen molar-refractivity contribution in [2.45, 2.75) is 0 Å². The normalized spacial score (nSPS) is 11.9. The van der Waals surface area contributed by atoms with Crippen LogP contribution < -0.4 is 0 Å². The molecule has 0 saturated carbocycles. The molecule has 13 rings (SSSR count). The average Bonchev–Trinajstić information content (AvgIpc) is 3.87. The summed E-state index contributed by atoms with van der Waals surface area (Å²) in [6.45, 7) is 0. The third kappa shape index (κ3) is 5.18. The highest BCUT2D eigenvalue weighted by molar-refractivity contribution is 6.27. The zero-order valence-electron chi connectivity index (χ0n) is 33.4. The molecule has 13 aromatic rings. The first kappa shape index (κ1) is 34.5. The Morgan fingerprint density at radius 3 is 1.47 bits per heavy atom. The van der Waals surface area contributed by atoms with Gasteiger partial charge in [-0.1, -0.05) is 176 Å². The predicted molar refractivity (Wildman–Crippen MR) is 257 cm³/mol. The summed E-state index contributed by atoms with van der Waals surface area (Å²) in [5, 5.41) is 12.1. The molecule has 0 radical (unpaired) electrons. The molecule has 0 fully saturated rings. The Labute approximate surface area is 356 Å². The van der Waals surface area contributed by atoms with E-state index < -0.39 is 0 Å². The van der Waals surface area contributed by atoms with Gasteiger partial charge < -0.3 is 4.57 Å². The van der Waals surface area contributed by atoms with E-state index in [0.29, 0.717) is 17.6 Å². The summed E-state index contributed by atoms with van der Waals surface area (Å²) >= 11 is 0. The number of fused-ring (bicyclic) bond motifs is 13. The fraction of sp³-hybridized carbons (Fsp3) is 0. The zero-order chi connectivity index (χ0) is 40.7. The van der Waals surface area contributed by atoms with E-state index in [1.807, 2.05) is 24.3 Å². The third-order valence-electron chi connectivity index (χ3n) is 12.5. The first-order valence-electron chi connectivity index (χ1n) is 21.0. The second kappa shape index (κ2) is 13.6. The minimum atomic E-state index is 0.568. The lowest BCUT2D eigenvalue weighted by atomic mass is 9.94. The van der Waals surface area contributed by atoms with Crippen molar-refractivity contribution in [1.82, 2.24) is 24.1 Å². The molecule has 5 nitrogen and oxygen atoms in total. The van der Waals surface area contributed by atoms with E-state index in [1.165, 1.54) is 32.3 Å². The average molecular weight is 790 g/mol. The monoisotopic (exact) mass is 789 g/mol. The van der Waals surface area contributed by atoms with Gasteiger partial charge in [0.25, 0.3) is 0 Å². The van der Waals surface area contributed by atoms with Gasteiger partial charge in [0, 0.05) is 38.4 Å².